The lowest BCUT2D eigenvalue weighted by Gasteiger charge is -2.07. The number of esters is 1. The average Bonchev–Trinajstić information content (AvgIpc) is 2.65. The maximum absolute atomic E-state index is 11.9. The SMILES string of the molecule is CCOC(=O)CCCNS(=O)(=O)c1c(Cl)cnn1C. The molecule has 1 aromatic rings. The van der Waals surface area contributed by atoms with E-state index in [0.717, 1.165) is 0 Å². The first-order valence-electron chi connectivity index (χ1n) is 5.71. The predicted molar refractivity (Wildman–Crippen MR) is 69.3 cm³/mol. The average molecular weight is 310 g/mol. The number of halogens is 1. The number of carbonyl (C=O) groups excluding carboxylic acids is 1. The van der Waals surface area contributed by atoms with Crippen molar-refractivity contribution in [1.82, 2.24) is 14.5 Å². The van der Waals surface area contributed by atoms with Crippen molar-refractivity contribution in [3.8, 4) is 0 Å². The highest BCUT2D eigenvalue weighted by Crippen LogP contribution is 2.19. The largest absolute Gasteiger partial charge is 0.466 e. The third-order valence-electron chi connectivity index (χ3n) is 2.25. The lowest BCUT2D eigenvalue weighted by molar-refractivity contribution is -0.143. The molecule has 0 atom stereocenters. The Morgan fingerprint density at radius 3 is 2.79 bits per heavy atom. The molecule has 0 aliphatic rings. The van der Waals surface area contributed by atoms with Crippen molar-refractivity contribution in [3.05, 3.63) is 11.2 Å². The molecule has 0 radical (unpaired) electrons. The second kappa shape index (κ2) is 6.88. The van der Waals surface area contributed by atoms with Gasteiger partial charge in [0.2, 0.25) is 0 Å². The highest BCUT2D eigenvalue weighted by Gasteiger charge is 2.22. The molecule has 0 spiro atoms. The molecular formula is C10H16ClN3O4S. The summed E-state index contributed by atoms with van der Waals surface area (Å²) in [5.74, 6) is -0.347. The fraction of sp³-hybridized carbons (Fsp3) is 0.600. The quantitative estimate of drug-likeness (QED) is 0.591. The number of hydrogen-bond donors (Lipinski definition) is 1. The van der Waals surface area contributed by atoms with Gasteiger partial charge in [0.15, 0.2) is 5.03 Å². The zero-order chi connectivity index (χ0) is 14.5. The van der Waals surface area contributed by atoms with Crippen LogP contribution in [0.5, 0.6) is 0 Å². The summed E-state index contributed by atoms with van der Waals surface area (Å²) in [6.45, 7) is 2.16. The molecule has 9 heteroatoms. The second-order valence-electron chi connectivity index (χ2n) is 3.73. The summed E-state index contributed by atoms with van der Waals surface area (Å²) >= 11 is 5.76. The van der Waals surface area contributed by atoms with Gasteiger partial charge in [0.05, 0.1) is 17.8 Å². The summed E-state index contributed by atoms with van der Waals surface area (Å²) < 4.78 is 32.1. The maximum atomic E-state index is 11.9. The first-order valence-corrected chi connectivity index (χ1v) is 7.57. The van der Waals surface area contributed by atoms with Gasteiger partial charge < -0.3 is 4.74 Å². The Bertz CT molecular complexity index is 521. The van der Waals surface area contributed by atoms with E-state index < -0.39 is 10.0 Å². The summed E-state index contributed by atoms with van der Waals surface area (Å²) in [5.41, 5.74) is 0. The molecule has 0 saturated carbocycles. The number of nitrogens with zero attached hydrogens (tertiary/aromatic N) is 2. The molecule has 1 N–H and O–H groups in total. The van der Waals surface area contributed by atoms with Crippen LogP contribution in [0.2, 0.25) is 5.02 Å². The molecule has 0 aromatic carbocycles. The highest BCUT2D eigenvalue weighted by molar-refractivity contribution is 7.89. The molecule has 0 aliphatic heterocycles. The smallest absolute Gasteiger partial charge is 0.305 e. The van der Waals surface area contributed by atoms with E-state index in [-0.39, 0.29) is 29.0 Å². The van der Waals surface area contributed by atoms with Crippen LogP contribution in [0.4, 0.5) is 0 Å². The Balaban J connectivity index is 2.51. The van der Waals surface area contributed by atoms with Crippen LogP contribution in [-0.2, 0) is 26.6 Å². The van der Waals surface area contributed by atoms with Gasteiger partial charge in [-0.05, 0) is 13.3 Å². The minimum atomic E-state index is -3.72. The minimum absolute atomic E-state index is 0.0559. The summed E-state index contributed by atoms with van der Waals surface area (Å²) in [7, 11) is -2.24. The molecule has 0 unspecified atom stereocenters. The van der Waals surface area contributed by atoms with E-state index in [4.69, 9.17) is 16.3 Å². The molecule has 108 valence electrons. The number of hydrogen-bond acceptors (Lipinski definition) is 5. The molecular weight excluding hydrogens is 294 g/mol. The molecule has 0 aliphatic carbocycles. The van der Waals surface area contributed by atoms with Gasteiger partial charge in [-0.25, -0.2) is 13.1 Å². The fourth-order valence-electron chi connectivity index (χ4n) is 1.44. The third-order valence-corrected chi connectivity index (χ3v) is 4.22. The maximum Gasteiger partial charge on any atom is 0.305 e. The van der Waals surface area contributed by atoms with Crippen LogP contribution in [0.15, 0.2) is 11.2 Å². The van der Waals surface area contributed by atoms with Crippen molar-refractivity contribution in [1.29, 1.82) is 0 Å². The Labute approximate surface area is 116 Å². The Hall–Kier alpha value is -1.12. The van der Waals surface area contributed by atoms with Crippen LogP contribution >= 0.6 is 11.6 Å². The second-order valence-corrected chi connectivity index (χ2v) is 5.82. The lowest BCUT2D eigenvalue weighted by Crippen LogP contribution is -2.27. The Kier molecular flexibility index (Phi) is 5.77. The van der Waals surface area contributed by atoms with Gasteiger partial charge in [-0.1, -0.05) is 11.6 Å². The first-order chi connectivity index (χ1) is 8.88. The van der Waals surface area contributed by atoms with E-state index >= 15 is 0 Å². The van der Waals surface area contributed by atoms with Crippen molar-refractivity contribution in [2.75, 3.05) is 13.2 Å². The monoisotopic (exact) mass is 309 g/mol. The van der Waals surface area contributed by atoms with E-state index in [0.29, 0.717) is 13.0 Å². The van der Waals surface area contributed by atoms with Crippen molar-refractivity contribution in [2.24, 2.45) is 7.05 Å². The number of rotatable bonds is 7. The number of sulfonamides is 1. The molecule has 1 aromatic heterocycles. The van der Waals surface area contributed by atoms with E-state index in [9.17, 15) is 13.2 Å². The van der Waals surface area contributed by atoms with Crippen molar-refractivity contribution in [3.63, 3.8) is 0 Å². The van der Waals surface area contributed by atoms with Crippen LogP contribution in [-0.4, -0.2) is 37.3 Å². The van der Waals surface area contributed by atoms with Gasteiger partial charge >= 0.3 is 5.97 Å². The van der Waals surface area contributed by atoms with Crippen LogP contribution in [0, 0.1) is 0 Å². The molecule has 1 heterocycles. The molecule has 19 heavy (non-hydrogen) atoms. The Morgan fingerprint density at radius 1 is 1.58 bits per heavy atom. The number of ether oxygens (including phenoxy) is 1. The molecule has 0 amide bonds. The van der Waals surface area contributed by atoms with Gasteiger partial charge in [0, 0.05) is 20.0 Å². The molecule has 0 bridgehead atoms. The zero-order valence-electron chi connectivity index (χ0n) is 10.7. The lowest BCUT2D eigenvalue weighted by atomic mass is 10.3. The van der Waals surface area contributed by atoms with Gasteiger partial charge in [-0.15, -0.1) is 0 Å². The molecule has 0 saturated heterocycles. The highest BCUT2D eigenvalue weighted by atomic mass is 35.5. The molecule has 0 fully saturated rings. The number of aryl methyl sites for hydroxylation is 1. The van der Waals surface area contributed by atoms with Crippen LogP contribution in [0.3, 0.4) is 0 Å². The number of aromatic nitrogens is 2. The van der Waals surface area contributed by atoms with E-state index in [2.05, 4.69) is 9.82 Å². The van der Waals surface area contributed by atoms with Crippen LogP contribution in [0.25, 0.3) is 0 Å². The standard InChI is InChI=1S/C10H16ClN3O4S/c1-3-18-9(15)5-4-6-13-19(16,17)10-8(11)7-12-14(10)2/h7,13H,3-6H2,1-2H3. The van der Waals surface area contributed by atoms with E-state index in [1.165, 1.54) is 17.9 Å². The summed E-state index contributed by atoms with van der Waals surface area (Å²) in [6, 6.07) is 0. The number of carbonyl (C=O) groups is 1. The van der Waals surface area contributed by atoms with E-state index in [1.807, 2.05) is 0 Å². The van der Waals surface area contributed by atoms with Crippen molar-refractivity contribution < 1.29 is 17.9 Å². The van der Waals surface area contributed by atoms with Gasteiger partial charge in [-0.3, -0.25) is 9.48 Å². The molecule has 7 nitrogen and oxygen atoms in total. The topological polar surface area (TPSA) is 90.3 Å². The predicted octanol–water partition coefficient (Wildman–Crippen LogP) is 0.695. The third kappa shape index (κ3) is 4.48. The fourth-order valence-corrected chi connectivity index (χ4v) is 3.17. The van der Waals surface area contributed by atoms with Gasteiger partial charge in [0.25, 0.3) is 10.0 Å². The van der Waals surface area contributed by atoms with Crippen molar-refractivity contribution >= 4 is 27.6 Å². The zero-order valence-corrected chi connectivity index (χ0v) is 12.3. The minimum Gasteiger partial charge on any atom is -0.466 e. The molecule has 1 rings (SSSR count). The Morgan fingerprint density at radius 2 is 2.26 bits per heavy atom. The summed E-state index contributed by atoms with van der Waals surface area (Å²) in [5, 5.41) is 3.72. The van der Waals surface area contributed by atoms with Crippen LogP contribution in [0.1, 0.15) is 19.8 Å². The van der Waals surface area contributed by atoms with Gasteiger partial charge in [-0.2, -0.15) is 5.10 Å². The van der Waals surface area contributed by atoms with Crippen molar-refractivity contribution in [2.45, 2.75) is 24.8 Å². The summed E-state index contributed by atoms with van der Waals surface area (Å²) in [4.78, 5) is 11.1. The van der Waals surface area contributed by atoms with Crippen LogP contribution < -0.4 is 4.72 Å². The number of nitrogens with one attached hydrogen (secondary N) is 1. The summed E-state index contributed by atoms with van der Waals surface area (Å²) in [6.07, 6.45) is 1.78. The first kappa shape index (κ1) is 15.9. The normalized spacial score (nSPS) is 11.5. The van der Waals surface area contributed by atoms with Gasteiger partial charge in [0.1, 0.15) is 0 Å². The van der Waals surface area contributed by atoms with E-state index in [1.54, 1.807) is 6.92 Å².